The van der Waals surface area contributed by atoms with E-state index in [0.717, 1.165) is 16.9 Å². The number of rotatable bonds is 2. The van der Waals surface area contributed by atoms with Crippen molar-refractivity contribution >= 4 is 0 Å². The normalized spacial score (nSPS) is 9.69. The van der Waals surface area contributed by atoms with Crippen molar-refractivity contribution in [2.75, 3.05) is 7.11 Å². The number of hydrogen-bond acceptors (Lipinski definition) is 2. The second kappa shape index (κ2) is 5.31. The van der Waals surface area contributed by atoms with Gasteiger partial charge in [-0.05, 0) is 19.5 Å². The van der Waals surface area contributed by atoms with Crippen LogP contribution in [-0.4, -0.2) is 16.9 Å². The summed E-state index contributed by atoms with van der Waals surface area (Å²) in [6.45, 7) is 4.02. The molecule has 88 valence electrons. The van der Waals surface area contributed by atoms with Gasteiger partial charge in [-0.2, -0.15) is 24.3 Å². The Morgan fingerprint density at radius 1 is 1.31 bits per heavy atom. The number of para-hydroxylation sites is 1. The van der Waals surface area contributed by atoms with Gasteiger partial charge in [0.2, 0.25) is 5.88 Å². The fourth-order valence-electron chi connectivity index (χ4n) is 1.50. The van der Waals surface area contributed by atoms with E-state index >= 15 is 0 Å². The van der Waals surface area contributed by atoms with Gasteiger partial charge in [0.05, 0.1) is 7.11 Å². The monoisotopic (exact) mass is 396 g/mol. The van der Waals surface area contributed by atoms with Crippen LogP contribution in [0.2, 0.25) is 0 Å². The van der Waals surface area contributed by atoms with Crippen molar-refractivity contribution in [3.63, 3.8) is 0 Å². The summed E-state index contributed by atoms with van der Waals surface area (Å²) in [7, 11) is 1.63. The molecule has 3 nitrogen and oxygen atoms in total. The molecule has 0 unspecified atom stereocenters. The summed E-state index contributed by atoms with van der Waals surface area (Å²) in [5.41, 5.74) is 3.07. The standard InChI is InChI=1S/C12H13N2O.Pt/c1-9-10(2)14(13-12(9)15-3)11-7-5-4-6-8-11;/h4-7H,1-3H3;/q-1;. The van der Waals surface area contributed by atoms with E-state index in [1.165, 1.54) is 0 Å². The molecule has 0 atom stereocenters. The smallest absolute Gasteiger partial charge is 0.236 e. The number of nitrogens with zero attached hydrogens (tertiary/aromatic N) is 2. The molecule has 0 aliphatic heterocycles. The van der Waals surface area contributed by atoms with E-state index < -0.39 is 0 Å². The first-order valence-electron chi connectivity index (χ1n) is 4.81. The fourth-order valence-corrected chi connectivity index (χ4v) is 1.50. The maximum absolute atomic E-state index is 5.18. The topological polar surface area (TPSA) is 27.1 Å². The van der Waals surface area contributed by atoms with Crippen molar-refractivity contribution < 1.29 is 25.8 Å². The predicted molar refractivity (Wildman–Crippen MR) is 58.4 cm³/mol. The van der Waals surface area contributed by atoms with Gasteiger partial charge in [0.25, 0.3) is 0 Å². The first kappa shape index (κ1) is 13.0. The van der Waals surface area contributed by atoms with Gasteiger partial charge in [-0.15, -0.1) is 11.2 Å². The van der Waals surface area contributed by atoms with Crippen molar-refractivity contribution in [2.45, 2.75) is 13.8 Å². The Balaban J connectivity index is 0.00000128. The Morgan fingerprint density at radius 3 is 2.56 bits per heavy atom. The van der Waals surface area contributed by atoms with E-state index in [2.05, 4.69) is 11.2 Å². The SMILES string of the molecule is COc1nn(-c2[c-]cccc2)c(C)c1C.[Pt]. The van der Waals surface area contributed by atoms with Crippen LogP contribution in [-0.2, 0) is 21.1 Å². The molecule has 0 bridgehead atoms. The molecule has 0 aliphatic rings. The van der Waals surface area contributed by atoms with Crippen LogP contribution in [0.3, 0.4) is 0 Å². The molecule has 0 radical (unpaired) electrons. The molecule has 2 rings (SSSR count). The predicted octanol–water partition coefficient (Wildman–Crippen LogP) is 2.30. The van der Waals surface area contributed by atoms with E-state index in [0.29, 0.717) is 5.88 Å². The van der Waals surface area contributed by atoms with Crippen LogP contribution in [0.15, 0.2) is 24.3 Å². The van der Waals surface area contributed by atoms with Crippen molar-refractivity contribution in [1.29, 1.82) is 0 Å². The van der Waals surface area contributed by atoms with Gasteiger partial charge in [0.15, 0.2) is 0 Å². The Hall–Kier alpha value is -1.08. The molecule has 0 aliphatic carbocycles. The molecule has 0 fully saturated rings. The molecule has 4 heteroatoms. The van der Waals surface area contributed by atoms with E-state index in [9.17, 15) is 0 Å². The maximum Gasteiger partial charge on any atom is 0.236 e. The van der Waals surface area contributed by atoms with E-state index in [4.69, 9.17) is 4.74 Å². The van der Waals surface area contributed by atoms with Gasteiger partial charge in [0.1, 0.15) is 0 Å². The van der Waals surface area contributed by atoms with Crippen LogP contribution in [0.4, 0.5) is 0 Å². The minimum atomic E-state index is 0. The van der Waals surface area contributed by atoms with Crippen LogP contribution >= 0.6 is 0 Å². The molecule has 0 N–H and O–H groups in total. The van der Waals surface area contributed by atoms with Crippen LogP contribution < -0.4 is 4.74 Å². The summed E-state index contributed by atoms with van der Waals surface area (Å²) in [4.78, 5) is 0. The number of hydrogen-bond donors (Lipinski definition) is 0. The first-order chi connectivity index (χ1) is 7.24. The third-order valence-corrected chi connectivity index (χ3v) is 2.49. The Kier molecular flexibility index (Phi) is 4.31. The molecule has 2 aromatic rings. The summed E-state index contributed by atoms with van der Waals surface area (Å²) in [5, 5.41) is 4.36. The Morgan fingerprint density at radius 2 is 2.06 bits per heavy atom. The summed E-state index contributed by atoms with van der Waals surface area (Å²) in [6, 6.07) is 10.9. The average molecular weight is 396 g/mol. The number of aromatic nitrogens is 2. The zero-order valence-electron chi connectivity index (χ0n) is 9.43. The van der Waals surface area contributed by atoms with Crippen molar-refractivity contribution in [3.8, 4) is 11.6 Å². The number of methoxy groups -OCH3 is 1. The third kappa shape index (κ3) is 2.19. The molecule has 1 aromatic carbocycles. The Labute approximate surface area is 110 Å². The zero-order chi connectivity index (χ0) is 10.8. The molecule has 16 heavy (non-hydrogen) atoms. The second-order valence-corrected chi connectivity index (χ2v) is 3.38. The van der Waals surface area contributed by atoms with Crippen LogP contribution in [0, 0.1) is 19.9 Å². The molecule has 1 heterocycles. The van der Waals surface area contributed by atoms with E-state index in [1.807, 2.05) is 42.8 Å². The van der Waals surface area contributed by atoms with Gasteiger partial charge in [-0.3, -0.25) is 4.68 Å². The third-order valence-electron chi connectivity index (χ3n) is 2.49. The molecule has 0 saturated carbocycles. The minimum absolute atomic E-state index is 0. The molecule has 0 spiro atoms. The second-order valence-electron chi connectivity index (χ2n) is 3.38. The Bertz CT molecular complexity index is 465. The molecular formula is C12H13N2OPt-. The van der Waals surface area contributed by atoms with Crippen molar-refractivity contribution in [3.05, 3.63) is 41.6 Å². The minimum Gasteiger partial charge on any atom is -0.480 e. The summed E-state index contributed by atoms with van der Waals surface area (Å²) < 4.78 is 7.02. The molecule has 1 aromatic heterocycles. The summed E-state index contributed by atoms with van der Waals surface area (Å²) in [5.74, 6) is 0.671. The number of benzene rings is 1. The number of ether oxygens (including phenoxy) is 1. The molecular weight excluding hydrogens is 383 g/mol. The van der Waals surface area contributed by atoms with Gasteiger partial charge >= 0.3 is 0 Å². The van der Waals surface area contributed by atoms with Crippen LogP contribution in [0.25, 0.3) is 5.69 Å². The molecule has 0 saturated heterocycles. The van der Waals surface area contributed by atoms with Gasteiger partial charge in [-0.25, -0.2) is 0 Å². The summed E-state index contributed by atoms with van der Waals surface area (Å²) in [6.07, 6.45) is 0. The average Bonchev–Trinajstić information content (AvgIpc) is 2.57. The van der Waals surface area contributed by atoms with E-state index in [-0.39, 0.29) is 21.1 Å². The van der Waals surface area contributed by atoms with Gasteiger partial charge in [0, 0.05) is 32.3 Å². The van der Waals surface area contributed by atoms with Crippen LogP contribution in [0.1, 0.15) is 11.3 Å². The van der Waals surface area contributed by atoms with Crippen LogP contribution in [0.5, 0.6) is 5.88 Å². The summed E-state index contributed by atoms with van der Waals surface area (Å²) >= 11 is 0. The van der Waals surface area contributed by atoms with Crippen molar-refractivity contribution in [2.24, 2.45) is 0 Å². The first-order valence-corrected chi connectivity index (χ1v) is 4.81. The maximum atomic E-state index is 5.18. The molecule has 0 amide bonds. The zero-order valence-corrected chi connectivity index (χ0v) is 11.7. The fraction of sp³-hybridized carbons (Fsp3) is 0.250. The van der Waals surface area contributed by atoms with Gasteiger partial charge in [-0.1, -0.05) is 0 Å². The van der Waals surface area contributed by atoms with E-state index in [1.54, 1.807) is 7.11 Å². The quantitative estimate of drug-likeness (QED) is 0.729. The van der Waals surface area contributed by atoms with Crippen molar-refractivity contribution in [1.82, 2.24) is 9.78 Å². The largest absolute Gasteiger partial charge is 0.480 e. The van der Waals surface area contributed by atoms with Gasteiger partial charge < -0.3 is 4.74 Å².